The minimum absolute atomic E-state index is 0.190. The lowest BCUT2D eigenvalue weighted by Gasteiger charge is -2.09. The molecule has 9 heteroatoms. The molecule has 1 aliphatic heterocycles. The lowest BCUT2D eigenvalue weighted by Crippen LogP contribution is -2.19. The van der Waals surface area contributed by atoms with Gasteiger partial charge in [-0.25, -0.2) is 4.79 Å². The van der Waals surface area contributed by atoms with Crippen molar-refractivity contribution in [1.82, 2.24) is 5.32 Å². The molecule has 1 heterocycles. The average molecular weight is 452 g/mol. The number of carbonyl (C=O) groups excluding carboxylic acids is 2. The summed E-state index contributed by atoms with van der Waals surface area (Å²) in [6, 6.07) is 15.3. The van der Waals surface area contributed by atoms with Crippen LogP contribution in [-0.2, 0) is 14.3 Å². The lowest BCUT2D eigenvalue weighted by atomic mass is 10.2. The van der Waals surface area contributed by atoms with Gasteiger partial charge in [-0.15, -0.1) is 5.10 Å². The summed E-state index contributed by atoms with van der Waals surface area (Å²) in [7, 11) is 2.80. The van der Waals surface area contributed by atoms with Crippen LogP contribution in [0.4, 0.5) is 0 Å². The van der Waals surface area contributed by atoms with E-state index >= 15 is 0 Å². The van der Waals surface area contributed by atoms with E-state index in [4.69, 9.17) is 9.47 Å². The molecule has 2 aromatic carbocycles. The number of amidine groups is 1. The second-order valence-electron chi connectivity index (χ2n) is 6.27. The number of hydrogen-bond donors (Lipinski definition) is 1. The number of nitrogens with one attached hydrogen (secondary N) is 1. The quantitative estimate of drug-likeness (QED) is 0.286. The number of amides is 1. The Morgan fingerprint density at radius 3 is 2.66 bits per heavy atom. The van der Waals surface area contributed by atoms with Gasteiger partial charge in [-0.05, 0) is 47.2 Å². The highest BCUT2D eigenvalue weighted by atomic mass is 32.2. The van der Waals surface area contributed by atoms with Crippen molar-refractivity contribution in [2.75, 3.05) is 20.8 Å². The second-order valence-corrected chi connectivity index (χ2v) is 7.30. The van der Waals surface area contributed by atoms with Gasteiger partial charge < -0.3 is 14.2 Å². The van der Waals surface area contributed by atoms with E-state index in [0.717, 1.165) is 29.0 Å². The summed E-state index contributed by atoms with van der Waals surface area (Å²) in [5.41, 5.74) is 1.83. The van der Waals surface area contributed by atoms with Gasteiger partial charge in [0.05, 0.1) is 25.3 Å². The van der Waals surface area contributed by atoms with Crippen molar-refractivity contribution in [2.45, 2.75) is 0 Å². The summed E-state index contributed by atoms with van der Waals surface area (Å²) in [5, 5.41) is 10.7. The number of benzene rings is 2. The Bertz CT molecular complexity index is 1090. The van der Waals surface area contributed by atoms with Crippen LogP contribution in [0.1, 0.15) is 11.1 Å². The maximum Gasteiger partial charge on any atom is 0.331 e. The number of nitrogens with zero attached hydrogens (tertiary/aromatic N) is 2. The maximum atomic E-state index is 11.8. The summed E-state index contributed by atoms with van der Waals surface area (Å²) in [4.78, 5) is 23.3. The van der Waals surface area contributed by atoms with E-state index in [-0.39, 0.29) is 10.1 Å². The van der Waals surface area contributed by atoms with Crippen molar-refractivity contribution in [2.24, 2.45) is 10.2 Å². The molecule has 0 atom stereocenters. The molecule has 1 N–H and O–H groups in total. The normalized spacial score (nSPS) is 16.1. The Labute approximate surface area is 189 Å². The lowest BCUT2D eigenvalue weighted by molar-refractivity contribution is -0.135. The molecule has 32 heavy (non-hydrogen) atoms. The molecule has 0 saturated carbocycles. The van der Waals surface area contributed by atoms with Crippen LogP contribution in [0, 0.1) is 0 Å². The molecular weight excluding hydrogens is 430 g/mol. The Balaban J connectivity index is 1.59. The third-order valence-electron chi connectivity index (χ3n) is 4.09. The van der Waals surface area contributed by atoms with E-state index in [1.807, 2.05) is 48.6 Å². The Morgan fingerprint density at radius 1 is 1.09 bits per heavy atom. The summed E-state index contributed by atoms with van der Waals surface area (Å²) < 4.78 is 15.7. The number of hydrogen-bond acceptors (Lipinski definition) is 8. The van der Waals surface area contributed by atoms with Gasteiger partial charge in [-0.3, -0.25) is 10.1 Å². The molecular formula is C23H21N3O5S. The van der Waals surface area contributed by atoms with Crippen LogP contribution < -0.4 is 14.8 Å². The fourth-order valence-corrected chi connectivity index (χ4v) is 3.30. The number of esters is 1. The largest absolute Gasteiger partial charge is 0.493 e. The first kappa shape index (κ1) is 22.8. The zero-order valence-corrected chi connectivity index (χ0v) is 18.3. The van der Waals surface area contributed by atoms with Crippen LogP contribution in [-0.4, -0.2) is 44.1 Å². The van der Waals surface area contributed by atoms with Crippen LogP contribution in [0.2, 0.25) is 0 Å². The molecule has 164 valence electrons. The smallest absolute Gasteiger partial charge is 0.331 e. The van der Waals surface area contributed by atoms with E-state index in [9.17, 15) is 9.59 Å². The first-order chi connectivity index (χ1) is 15.6. The van der Waals surface area contributed by atoms with Gasteiger partial charge in [0, 0.05) is 6.08 Å². The third kappa shape index (κ3) is 6.58. The summed E-state index contributed by atoms with van der Waals surface area (Å²) in [6.07, 6.45) is 6.53. The first-order valence-electron chi connectivity index (χ1n) is 9.51. The zero-order valence-electron chi connectivity index (χ0n) is 17.5. The molecule has 3 rings (SSSR count). The van der Waals surface area contributed by atoms with Crippen molar-refractivity contribution in [3.8, 4) is 11.5 Å². The van der Waals surface area contributed by atoms with E-state index in [1.54, 1.807) is 19.2 Å². The number of ether oxygens (including phenoxy) is 3. The molecule has 1 saturated heterocycles. The van der Waals surface area contributed by atoms with Gasteiger partial charge >= 0.3 is 5.97 Å². The van der Waals surface area contributed by atoms with E-state index in [1.165, 1.54) is 13.3 Å². The van der Waals surface area contributed by atoms with E-state index in [2.05, 4.69) is 20.3 Å². The van der Waals surface area contributed by atoms with Crippen molar-refractivity contribution in [3.63, 3.8) is 0 Å². The molecule has 1 fully saturated rings. The summed E-state index contributed by atoms with van der Waals surface area (Å²) in [5.74, 6) is 0.114. The van der Waals surface area contributed by atoms with Crippen LogP contribution in [0.5, 0.6) is 11.5 Å². The van der Waals surface area contributed by atoms with Gasteiger partial charge in [0.2, 0.25) is 0 Å². The van der Waals surface area contributed by atoms with Gasteiger partial charge in [-0.2, -0.15) is 5.10 Å². The molecule has 1 amide bonds. The average Bonchev–Trinajstić information content (AvgIpc) is 3.16. The number of thioether (sulfide) groups is 1. The van der Waals surface area contributed by atoms with Crippen molar-refractivity contribution < 1.29 is 23.8 Å². The molecule has 0 aliphatic carbocycles. The number of carbonyl (C=O) groups is 2. The highest BCUT2D eigenvalue weighted by Gasteiger charge is 2.25. The van der Waals surface area contributed by atoms with Crippen molar-refractivity contribution in [1.29, 1.82) is 0 Å². The fraction of sp³-hybridized carbons (Fsp3) is 0.130. The predicted molar refractivity (Wildman–Crippen MR) is 125 cm³/mol. The maximum absolute atomic E-state index is 11.8. The molecule has 0 aromatic heterocycles. The molecule has 0 bridgehead atoms. The van der Waals surface area contributed by atoms with Crippen LogP contribution in [0.3, 0.4) is 0 Å². The Hall–Kier alpha value is -3.85. The van der Waals surface area contributed by atoms with Gasteiger partial charge in [-0.1, -0.05) is 36.4 Å². The topological polar surface area (TPSA) is 98.6 Å². The third-order valence-corrected chi connectivity index (χ3v) is 4.99. The predicted octanol–water partition coefficient (Wildman–Crippen LogP) is 3.40. The summed E-state index contributed by atoms with van der Waals surface area (Å²) in [6.45, 7) is 0.394. The number of methoxy groups -OCH3 is 2. The number of rotatable bonds is 8. The molecule has 0 radical (unpaired) electrons. The van der Waals surface area contributed by atoms with Crippen LogP contribution >= 0.6 is 11.8 Å². The van der Waals surface area contributed by atoms with E-state index in [0.29, 0.717) is 18.1 Å². The zero-order chi connectivity index (χ0) is 22.8. The van der Waals surface area contributed by atoms with E-state index < -0.39 is 11.9 Å². The minimum Gasteiger partial charge on any atom is -0.493 e. The fourth-order valence-electron chi connectivity index (χ4n) is 2.56. The summed E-state index contributed by atoms with van der Waals surface area (Å²) >= 11 is 1.00. The highest BCUT2D eigenvalue weighted by molar-refractivity contribution is 8.18. The monoisotopic (exact) mass is 451 g/mol. The standard InChI is InChI=1S/C23H21N3O5S/c1-29-19-13-17(10-11-18(19)31-12-6-9-16-7-4-3-5-8-16)15-24-26-23-25-22(28)20(32-23)14-21(27)30-2/h3-11,13-15H,12H2,1-2H3,(H,25,26,28)/b9-6?,20-14+,24-15?. The first-order valence-corrected chi connectivity index (χ1v) is 10.3. The molecule has 8 nitrogen and oxygen atoms in total. The molecule has 2 aromatic rings. The van der Waals surface area contributed by atoms with Gasteiger partial charge in [0.15, 0.2) is 16.7 Å². The molecule has 0 spiro atoms. The minimum atomic E-state index is -0.614. The van der Waals surface area contributed by atoms with Crippen molar-refractivity contribution in [3.05, 3.63) is 76.7 Å². The SMILES string of the molecule is COC(=O)/C=C1/S/C(=N\N=Cc2ccc(OCC=Cc3ccccc3)c(OC)c2)NC1=O. The highest BCUT2D eigenvalue weighted by Crippen LogP contribution is 2.28. The van der Waals surface area contributed by atoms with Crippen LogP contribution in [0.25, 0.3) is 6.08 Å². The van der Waals surface area contributed by atoms with Crippen LogP contribution in [0.15, 0.2) is 75.8 Å². The Kier molecular flexibility index (Phi) is 8.22. The Morgan fingerprint density at radius 2 is 1.91 bits per heavy atom. The van der Waals surface area contributed by atoms with Crippen molar-refractivity contribution >= 4 is 41.1 Å². The molecule has 1 aliphatic rings. The second kappa shape index (κ2) is 11.5. The molecule has 0 unspecified atom stereocenters. The van der Waals surface area contributed by atoms with Gasteiger partial charge in [0.25, 0.3) is 5.91 Å². The van der Waals surface area contributed by atoms with Gasteiger partial charge in [0.1, 0.15) is 6.61 Å².